The Morgan fingerprint density at radius 2 is 1.59 bits per heavy atom. The van der Waals surface area contributed by atoms with Gasteiger partial charge in [-0.15, -0.1) is 0 Å². The van der Waals surface area contributed by atoms with Crippen LogP contribution in [0.1, 0.15) is 22.3 Å². The number of hydrogen-bond donors (Lipinski definition) is 0. The monoisotopic (exact) mass is 462 g/mol. The van der Waals surface area contributed by atoms with Crippen LogP contribution in [0.15, 0.2) is 72.8 Å². The van der Waals surface area contributed by atoms with Crippen LogP contribution in [0.5, 0.6) is 11.5 Å². The molecule has 8 heteroatoms. The largest absolute Gasteiger partial charge is 0.497 e. The molecule has 174 valence electrons. The van der Waals surface area contributed by atoms with E-state index in [0.717, 1.165) is 16.5 Å². The molecule has 34 heavy (non-hydrogen) atoms. The summed E-state index contributed by atoms with van der Waals surface area (Å²) in [5.41, 5.74) is 1.21. The summed E-state index contributed by atoms with van der Waals surface area (Å²) < 4.78 is 24.2. The zero-order valence-electron chi connectivity index (χ0n) is 18.7. The van der Waals surface area contributed by atoms with E-state index in [-0.39, 0.29) is 18.5 Å². The Morgan fingerprint density at radius 3 is 2.18 bits per heavy atom. The molecule has 1 atom stereocenters. The molecule has 1 fully saturated rings. The summed E-state index contributed by atoms with van der Waals surface area (Å²) in [6.45, 7) is 0.0550. The second-order valence-corrected chi connectivity index (χ2v) is 7.78. The lowest BCUT2D eigenvalue weighted by molar-refractivity contribution is -0.122. The molecule has 7 nitrogen and oxygen atoms in total. The van der Waals surface area contributed by atoms with Gasteiger partial charge in [0.25, 0.3) is 11.8 Å². The summed E-state index contributed by atoms with van der Waals surface area (Å²) in [6.07, 6.45) is -0.178. The van der Waals surface area contributed by atoms with Gasteiger partial charge >= 0.3 is 0 Å². The van der Waals surface area contributed by atoms with E-state index < -0.39 is 29.6 Å². The smallest absolute Gasteiger partial charge is 0.257 e. The molecule has 3 aromatic carbocycles. The lowest BCUT2D eigenvalue weighted by Crippen LogP contribution is -2.45. The number of benzene rings is 3. The van der Waals surface area contributed by atoms with Crippen LogP contribution in [0, 0.1) is 5.82 Å². The molecule has 0 spiro atoms. The zero-order chi connectivity index (χ0) is 24.2. The van der Waals surface area contributed by atoms with Gasteiger partial charge < -0.3 is 14.4 Å². The molecule has 1 saturated heterocycles. The van der Waals surface area contributed by atoms with Crippen LogP contribution in [-0.2, 0) is 16.1 Å². The SMILES string of the molecule is COc1ccc(CN(C(=O)c2cccc(F)c2)C2CC(=O)N(c3ccc(OC)cc3)C2=O)cc1. The predicted molar refractivity (Wildman–Crippen MR) is 123 cm³/mol. The second-order valence-electron chi connectivity index (χ2n) is 7.78. The fourth-order valence-corrected chi connectivity index (χ4v) is 3.90. The number of carbonyl (C=O) groups is 3. The fraction of sp³-hybridized carbons (Fsp3) is 0.192. The van der Waals surface area contributed by atoms with Crippen molar-refractivity contribution in [2.75, 3.05) is 19.1 Å². The molecular formula is C26H23FN2O5. The number of anilines is 1. The number of carbonyl (C=O) groups excluding carboxylic acids is 3. The van der Waals surface area contributed by atoms with Gasteiger partial charge in [0, 0.05) is 12.1 Å². The van der Waals surface area contributed by atoms with Gasteiger partial charge in [-0.2, -0.15) is 0 Å². The molecule has 1 aliphatic rings. The van der Waals surface area contributed by atoms with Gasteiger partial charge in [0.1, 0.15) is 23.4 Å². The van der Waals surface area contributed by atoms with Crippen LogP contribution in [0.2, 0.25) is 0 Å². The van der Waals surface area contributed by atoms with Crippen molar-refractivity contribution in [1.29, 1.82) is 0 Å². The summed E-state index contributed by atoms with van der Waals surface area (Å²) in [4.78, 5) is 42.1. The number of hydrogen-bond acceptors (Lipinski definition) is 5. The number of methoxy groups -OCH3 is 2. The molecule has 0 saturated carbocycles. The van der Waals surface area contributed by atoms with Crippen LogP contribution in [0.25, 0.3) is 0 Å². The molecule has 1 unspecified atom stereocenters. The van der Waals surface area contributed by atoms with Gasteiger partial charge in [0.2, 0.25) is 5.91 Å². The van der Waals surface area contributed by atoms with E-state index in [1.165, 1.54) is 30.2 Å². The quantitative estimate of drug-likeness (QED) is 0.499. The summed E-state index contributed by atoms with van der Waals surface area (Å²) in [6, 6.07) is 17.8. The molecule has 0 N–H and O–H groups in total. The highest BCUT2D eigenvalue weighted by molar-refractivity contribution is 6.23. The third-order valence-corrected chi connectivity index (χ3v) is 5.67. The van der Waals surface area contributed by atoms with Gasteiger partial charge in [0.05, 0.1) is 26.3 Å². The first-order valence-electron chi connectivity index (χ1n) is 10.6. The first-order valence-corrected chi connectivity index (χ1v) is 10.6. The Labute approximate surface area is 196 Å². The number of rotatable bonds is 7. The van der Waals surface area contributed by atoms with Crippen molar-refractivity contribution < 1.29 is 28.2 Å². The van der Waals surface area contributed by atoms with Crippen LogP contribution in [0.3, 0.4) is 0 Å². The maximum atomic E-state index is 13.8. The predicted octanol–water partition coefficient (Wildman–Crippen LogP) is 3.82. The highest BCUT2D eigenvalue weighted by Crippen LogP contribution is 2.29. The molecule has 3 amide bonds. The van der Waals surface area contributed by atoms with E-state index in [4.69, 9.17) is 9.47 Å². The Hall–Kier alpha value is -4.20. The lowest BCUT2D eigenvalue weighted by Gasteiger charge is -2.28. The lowest BCUT2D eigenvalue weighted by atomic mass is 10.1. The normalized spacial score (nSPS) is 15.4. The minimum absolute atomic E-state index is 0.0550. The Balaban J connectivity index is 1.67. The molecular weight excluding hydrogens is 439 g/mol. The highest BCUT2D eigenvalue weighted by Gasteiger charge is 2.44. The van der Waals surface area contributed by atoms with E-state index in [1.54, 1.807) is 55.6 Å². The summed E-state index contributed by atoms with van der Waals surface area (Å²) in [5.74, 6) is -0.825. The van der Waals surface area contributed by atoms with Crippen molar-refractivity contribution in [3.8, 4) is 11.5 Å². The van der Waals surface area contributed by atoms with E-state index in [9.17, 15) is 18.8 Å². The molecule has 0 radical (unpaired) electrons. The number of imide groups is 1. The fourth-order valence-electron chi connectivity index (χ4n) is 3.90. The van der Waals surface area contributed by atoms with Gasteiger partial charge in [-0.05, 0) is 60.2 Å². The first-order chi connectivity index (χ1) is 16.4. The van der Waals surface area contributed by atoms with Crippen molar-refractivity contribution in [2.45, 2.75) is 19.0 Å². The minimum atomic E-state index is -1.03. The van der Waals surface area contributed by atoms with Crippen molar-refractivity contribution in [2.24, 2.45) is 0 Å². The van der Waals surface area contributed by atoms with Crippen LogP contribution >= 0.6 is 0 Å². The van der Waals surface area contributed by atoms with Crippen molar-refractivity contribution in [3.63, 3.8) is 0 Å². The summed E-state index contributed by atoms with van der Waals surface area (Å²) >= 11 is 0. The standard InChI is InChI=1S/C26H23FN2O5/c1-33-21-10-6-17(7-11-21)16-28(25(31)18-4-3-5-19(27)14-18)23-15-24(30)29(26(23)32)20-8-12-22(34-2)13-9-20/h3-14,23H,15-16H2,1-2H3. The molecule has 1 heterocycles. The van der Waals surface area contributed by atoms with E-state index in [2.05, 4.69) is 0 Å². The van der Waals surface area contributed by atoms with Crippen LogP contribution < -0.4 is 14.4 Å². The van der Waals surface area contributed by atoms with E-state index in [1.807, 2.05) is 0 Å². The highest BCUT2D eigenvalue weighted by atomic mass is 19.1. The minimum Gasteiger partial charge on any atom is -0.497 e. The topological polar surface area (TPSA) is 76.2 Å². The number of halogens is 1. The first kappa shape index (κ1) is 23.0. The van der Waals surface area contributed by atoms with Crippen LogP contribution in [-0.4, -0.2) is 42.9 Å². The van der Waals surface area contributed by atoms with Crippen LogP contribution in [0.4, 0.5) is 10.1 Å². The van der Waals surface area contributed by atoms with Crippen molar-refractivity contribution in [3.05, 3.63) is 89.7 Å². The number of ether oxygens (including phenoxy) is 2. The molecule has 0 bridgehead atoms. The molecule has 1 aliphatic heterocycles. The Bertz CT molecular complexity index is 1210. The maximum Gasteiger partial charge on any atom is 0.257 e. The maximum absolute atomic E-state index is 13.8. The summed E-state index contributed by atoms with van der Waals surface area (Å²) in [5, 5.41) is 0. The average molecular weight is 462 g/mol. The van der Waals surface area contributed by atoms with E-state index >= 15 is 0 Å². The van der Waals surface area contributed by atoms with E-state index in [0.29, 0.717) is 17.2 Å². The second kappa shape index (κ2) is 9.74. The molecule has 4 rings (SSSR count). The molecule has 0 aliphatic carbocycles. The van der Waals surface area contributed by atoms with Gasteiger partial charge in [-0.25, -0.2) is 9.29 Å². The summed E-state index contributed by atoms with van der Waals surface area (Å²) in [7, 11) is 3.07. The van der Waals surface area contributed by atoms with Gasteiger partial charge in [-0.1, -0.05) is 18.2 Å². The Kier molecular flexibility index (Phi) is 6.58. The Morgan fingerprint density at radius 1 is 0.971 bits per heavy atom. The van der Waals surface area contributed by atoms with Crippen molar-refractivity contribution in [1.82, 2.24) is 4.90 Å². The molecule has 0 aromatic heterocycles. The number of nitrogens with zero attached hydrogens (tertiary/aromatic N) is 2. The van der Waals surface area contributed by atoms with Crippen molar-refractivity contribution >= 4 is 23.4 Å². The molecule has 3 aromatic rings. The number of amides is 3. The van der Waals surface area contributed by atoms with Gasteiger partial charge in [0.15, 0.2) is 0 Å². The third-order valence-electron chi connectivity index (χ3n) is 5.67. The average Bonchev–Trinajstić information content (AvgIpc) is 3.15. The zero-order valence-corrected chi connectivity index (χ0v) is 18.7. The van der Waals surface area contributed by atoms with Gasteiger partial charge in [-0.3, -0.25) is 14.4 Å². The third kappa shape index (κ3) is 4.61.